The first-order valence-electron chi connectivity index (χ1n) is 7.62. The summed E-state index contributed by atoms with van der Waals surface area (Å²) in [6.45, 7) is 3.94. The summed E-state index contributed by atoms with van der Waals surface area (Å²) in [7, 11) is 1.71. The number of rotatable bonds is 2. The molecule has 2 heterocycles. The molecule has 0 atom stereocenters. The van der Waals surface area contributed by atoms with Crippen molar-refractivity contribution in [1.82, 2.24) is 4.98 Å². The number of hydrogen-bond acceptors (Lipinski definition) is 4. The van der Waals surface area contributed by atoms with E-state index in [-0.39, 0.29) is 0 Å². The zero-order chi connectivity index (χ0) is 16.0. The van der Waals surface area contributed by atoms with Gasteiger partial charge >= 0.3 is 0 Å². The summed E-state index contributed by atoms with van der Waals surface area (Å²) < 4.78 is 6.40. The summed E-state index contributed by atoms with van der Waals surface area (Å²) in [5.41, 5.74) is 4.92. The number of aromatic nitrogens is 1. The fourth-order valence-corrected chi connectivity index (χ4v) is 4.39. The smallest absolute Gasteiger partial charge is 0.186 e. The third-order valence-electron chi connectivity index (χ3n) is 4.38. The molecule has 0 saturated heterocycles. The Morgan fingerprint density at radius 2 is 2.09 bits per heavy atom. The molecule has 1 aromatic heterocycles. The van der Waals surface area contributed by atoms with Crippen molar-refractivity contribution in [2.24, 2.45) is 0 Å². The summed E-state index contributed by atoms with van der Waals surface area (Å²) in [6, 6.07) is 10.3. The summed E-state index contributed by atoms with van der Waals surface area (Å²) in [5, 5.41) is 1.84. The van der Waals surface area contributed by atoms with Gasteiger partial charge in [-0.3, -0.25) is 0 Å². The highest BCUT2D eigenvalue weighted by atomic mass is 35.5. The van der Waals surface area contributed by atoms with Gasteiger partial charge in [-0.25, -0.2) is 4.98 Å². The molecule has 0 unspecified atom stereocenters. The third kappa shape index (κ3) is 2.56. The zero-order valence-corrected chi connectivity index (χ0v) is 14.7. The van der Waals surface area contributed by atoms with E-state index in [4.69, 9.17) is 21.3 Å². The summed E-state index contributed by atoms with van der Waals surface area (Å²) in [4.78, 5) is 7.18. The number of aryl methyl sites for hydroxylation is 1. The maximum atomic E-state index is 6.33. The number of nitrogens with zero attached hydrogens (tertiary/aromatic N) is 2. The fraction of sp³-hybridized carbons (Fsp3) is 0.278. The van der Waals surface area contributed by atoms with Crippen LogP contribution < -0.4 is 9.64 Å². The lowest BCUT2D eigenvalue weighted by molar-refractivity contribution is 0.414. The van der Waals surface area contributed by atoms with Crippen molar-refractivity contribution in [3.63, 3.8) is 0 Å². The highest BCUT2D eigenvalue weighted by Crippen LogP contribution is 2.37. The number of ether oxygens (including phenoxy) is 1. The van der Waals surface area contributed by atoms with Gasteiger partial charge in [-0.2, -0.15) is 0 Å². The molecule has 5 heteroatoms. The maximum Gasteiger partial charge on any atom is 0.186 e. The van der Waals surface area contributed by atoms with Crippen molar-refractivity contribution in [3.05, 3.63) is 52.0 Å². The predicted molar refractivity (Wildman–Crippen MR) is 97.1 cm³/mol. The Morgan fingerprint density at radius 3 is 2.87 bits per heavy atom. The third-order valence-corrected chi connectivity index (χ3v) is 5.96. The van der Waals surface area contributed by atoms with Crippen LogP contribution in [-0.2, 0) is 13.0 Å². The number of benzene rings is 2. The van der Waals surface area contributed by atoms with Crippen LogP contribution in [0.3, 0.4) is 0 Å². The topological polar surface area (TPSA) is 25.4 Å². The van der Waals surface area contributed by atoms with Crippen LogP contribution in [0, 0.1) is 6.92 Å². The van der Waals surface area contributed by atoms with E-state index in [1.165, 1.54) is 16.7 Å². The molecule has 0 N–H and O–H groups in total. The van der Waals surface area contributed by atoms with Gasteiger partial charge in [-0.15, -0.1) is 0 Å². The molecule has 0 bridgehead atoms. The average molecular weight is 345 g/mol. The van der Waals surface area contributed by atoms with Gasteiger partial charge in [0.05, 0.1) is 22.3 Å². The lowest BCUT2D eigenvalue weighted by Crippen LogP contribution is -2.30. The molecule has 1 aliphatic heterocycles. The number of hydrogen-bond donors (Lipinski definition) is 0. The monoisotopic (exact) mass is 344 g/mol. The Hall–Kier alpha value is -1.78. The highest BCUT2D eigenvalue weighted by molar-refractivity contribution is 7.22. The largest absolute Gasteiger partial charge is 0.497 e. The Morgan fingerprint density at radius 1 is 1.22 bits per heavy atom. The van der Waals surface area contributed by atoms with Crippen LogP contribution in [0.1, 0.15) is 16.7 Å². The Labute approximate surface area is 144 Å². The molecule has 0 radical (unpaired) electrons. The first-order chi connectivity index (χ1) is 11.2. The second kappa shape index (κ2) is 5.69. The van der Waals surface area contributed by atoms with Crippen LogP contribution in [0.4, 0.5) is 5.13 Å². The van der Waals surface area contributed by atoms with Crippen LogP contribution in [0.25, 0.3) is 10.2 Å². The molecule has 118 valence electrons. The zero-order valence-electron chi connectivity index (χ0n) is 13.1. The molecule has 0 amide bonds. The van der Waals surface area contributed by atoms with E-state index in [9.17, 15) is 0 Å². The van der Waals surface area contributed by atoms with E-state index in [0.29, 0.717) is 0 Å². The molecule has 0 fully saturated rings. The minimum Gasteiger partial charge on any atom is -0.497 e. The van der Waals surface area contributed by atoms with Crippen molar-refractivity contribution in [2.45, 2.75) is 19.9 Å². The van der Waals surface area contributed by atoms with Gasteiger partial charge in [-0.1, -0.05) is 35.1 Å². The molecule has 4 rings (SSSR count). The normalized spacial score (nSPS) is 14.1. The van der Waals surface area contributed by atoms with Gasteiger partial charge in [0.1, 0.15) is 5.75 Å². The number of anilines is 1. The molecular weight excluding hydrogens is 328 g/mol. The number of halogens is 1. The average Bonchev–Trinajstić information content (AvgIpc) is 3.04. The first-order valence-corrected chi connectivity index (χ1v) is 8.81. The minimum absolute atomic E-state index is 0.788. The van der Waals surface area contributed by atoms with Crippen LogP contribution >= 0.6 is 22.9 Å². The molecular formula is C18H17ClN2OS. The van der Waals surface area contributed by atoms with Gasteiger partial charge < -0.3 is 9.64 Å². The van der Waals surface area contributed by atoms with Crippen molar-refractivity contribution < 1.29 is 4.74 Å². The van der Waals surface area contributed by atoms with Gasteiger partial charge in [0.15, 0.2) is 5.13 Å². The quantitative estimate of drug-likeness (QED) is 0.665. The molecule has 3 nitrogen and oxygen atoms in total. The van der Waals surface area contributed by atoms with Gasteiger partial charge in [-0.05, 0) is 48.2 Å². The predicted octanol–water partition coefficient (Wildman–Crippen LogP) is 4.83. The van der Waals surface area contributed by atoms with E-state index >= 15 is 0 Å². The van der Waals surface area contributed by atoms with Gasteiger partial charge in [0.2, 0.25) is 0 Å². The van der Waals surface area contributed by atoms with Crippen molar-refractivity contribution in [3.8, 4) is 5.75 Å². The molecule has 0 spiro atoms. The minimum atomic E-state index is 0.788. The van der Waals surface area contributed by atoms with Crippen molar-refractivity contribution in [1.29, 1.82) is 0 Å². The number of methoxy groups -OCH3 is 1. The first kappa shape index (κ1) is 14.8. The summed E-state index contributed by atoms with van der Waals surface area (Å²) >= 11 is 8.02. The SMILES string of the molecule is COc1ccc2c(c1)CCN(c1nc3c(C)ccc(Cl)c3s1)C2. The van der Waals surface area contributed by atoms with E-state index in [0.717, 1.165) is 45.6 Å². The molecule has 0 saturated carbocycles. The van der Waals surface area contributed by atoms with Crippen LogP contribution in [-0.4, -0.2) is 18.6 Å². The van der Waals surface area contributed by atoms with Crippen molar-refractivity contribution >= 4 is 38.3 Å². The van der Waals surface area contributed by atoms with Gasteiger partial charge in [0.25, 0.3) is 0 Å². The Balaban J connectivity index is 1.69. The Kier molecular flexibility index (Phi) is 3.66. The Bertz CT molecular complexity index is 851. The van der Waals surface area contributed by atoms with Crippen LogP contribution in [0.2, 0.25) is 5.02 Å². The molecule has 2 aromatic carbocycles. The number of thiazole rings is 1. The fourth-order valence-electron chi connectivity index (χ4n) is 3.05. The number of fused-ring (bicyclic) bond motifs is 2. The summed E-state index contributed by atoms with van der Waals surface area (Å²) in [5.74, 6) is 0.930. The van der Waals surface area contributed by atoms with Crippen LogP contribution in [0.15, 0.2) is 30.3 Å². The lowest BCUT2D eigenvalue weighted by atomic mass is 10.00. The van der Waals surface area contributed by atoms with Crippen LogP contribution in [0.5, 0.6) is 5.75 Å². The standard InChI is InChI=1S/C18H17ClN2OS/c1-11-3-6-15(19)17-16(11)20-18(23-17)21-8-7-12-9-14(22-2)5-4-13(12)10-21/h3-6,9H,7-8,10H2,1-2H3. The van der Waals surface area contributed by atoms with Crippen molar-refractivity contribution in [2.75, 3.05) is 18.6 Å². The lowest BCUT2D eigenvalue weighted by Gasteiger charge is -2.28. The van der Waals surface area contributed by atoms with E-state index in [1.54, 1.807) is 18.4 Å². The maximum absolute atomic E-state index is 6.33. The summed E-state index contributed by atoms with van der Waals surface area (Å²) in [6.07, 6.45) is 1.01. The molecule has 1 aliphatic rings. The second-order valence-corrected chi connectivity index (χ2v) is 7.23. The van der Waals surface area contributed by atoms with Gasteiger partial charge in [0, 0.05) is 13.1 Å². The van der Waals surface area contributed by atoms with E-state index in [1.807, 2.05) is 18.2 Å². The second-order valence-electron chi connectivity index (χ2n) is 5.84. The molecule has 0 aliphatic carbocycles. The van der Waals surface area contributed by atoms with E-state index < -0.39 is 0 Å². The molecule has 3 aromatic rings. The molecule has 23 heavy (non-hydrogen) atoms. The highest BCUT2D eigenvalue weighted by Gasteiger charge is 2.21. The van der Waals surface area contributed by atoms with E-state index in [2.05, 4.69) is 24.0 Å².